The minimum atomic E-state index is -4.69. The summed E-state index contributed by atoms with van der Waals surface area (Å²) in [6, 6.07) is 15.2. The number of pyridine rings is 1. The second kappa shape index (κ2) is 9.22. The van der Waals surface area contributed by atoms with E-state index in [0.717, 1.165) is 17.7 Å². The molecule has 0 saturated carbocycles. The van der Waals surface area contributed by atoms with Crippen molar-refractivity contribution < 1.29 is 27.5 Å². The molecule has 0 aliphatic rings. The van der Waals surface area contributed by atoms with Crippen LogP contribution in [0.3, 0.4) is 0 Å². The Labute approximate surface area is 191 Å². The average Bonchev–Trinajstić information content (AvgIpc) is 3.29. The standard InChI is InChI=1S/C23H18F3N5O3/c1-31(22(33)34-13-14-6-3-2-4-7-14)19-11-17-15(12-27-30-17)10-18(19)29-21(32)16-8-5-9-20(28-16)23(24,25)26/h2-12H,13H2,1H3,(H,27,30)(H,29,32). The Kier molecular flexibility index (Phi) is 6.17. The van der Waals surface area contributed by atoms with Crippen LogP contribution in [0.5, 0.6) is 0 Å². The first-order valence-corrected chi connectivity index (χ1v) is 9.99. The summed E-state index contributed by atoms with van der Waals surface area (Å²) in [6.45, 7) is 0.0339. The number of carbonyl (C=O) groups excluding carboxylic acids is 2. The molecule has 11 heteroatoms. The van der Waals surface area contributed by atoms with Gasteiger partial charge in [-0.2, -0.15) is 18.3 Å². The number of hydrogen-bond donors (Lipinski definition) is 2. The average molecular weight is 469 g/mol. The number of nitrogens with zero attached hydrogens (tertiary/aromatic N) is 3. The van der Waals surface area contributed by atoms with E-state index in [0.29, 0.717) is 10.9 Å². The number of aromatic amines is 1. The Morgan fingerprint density at radius 2 is 1.85 bits per heavy atom. The van der Waals surface area contributed by atoms with Gasteiger partial charge < -0.3 is 10.1 Å². The Hall–Kier alpha value is -4.41. The van der Waals surface area contributed by atoms with Gasteiger partial charge in [0.2, 0.25) is 0 Å². The second-order valence-electron chi connectivity index (χ2n) is 7.29. The van der Waals surface area contributed by atoms with Crippen molar-refractivity contribution in [2.75, 3.05) is 17.3 Å². The van der Waals surface area contributed by atoms with Gasteiger partial charge in [0, 0.05) is 12.4 Å². The first-order chi connectivity index (χ1) is 16.2. The summed E-state index contributed by atoms with van der Waals surface area (Å²) in [7, 11) is 1.45. The van der Waals surface area contributed by atoms with E-state index in [-0.39, 0.29) is 18.0 Å². The van der Waals surface area contributed by atoms with Crippen LogP contribution in [0, 0.1) is 0 Å². The summed E-state index contributed by atoms with van der Waals surface area (Å²) in [5.41, 5.74) is 0.160. The minimum Gasteiger partial charge on any atom is -0.444 e. The number of ether oxygens (including phenoxy) is 1. The van der Waals surface area contributed by atoms with Crippen molar-refractivity contribution in [3.8, 4) is 0 Å². The van der Waals surface area contributed by atoms with Crippen molar-refractivity contribution >= 4 is 34.3 Å². The molecule has 4 aromatic rings. The third-order valence-electron chi connectivity index (χ3n) is 4.92. The molecule has 0 saturated heterocycles. The van der Waals surface area contributed by atoms with Crippen molar-refractivity contribution in [2.24, 2.45) is 0 Å². The van der Waals surface area contributed by atoms with Gasteiger partial charge in [0.05, 0.1) is 23.1 Å². The maximum absolute atomic E-state index is 13.0. The summed E-state index contributed by atoms with van der Waals surface area (Å²) in [5, 5.41) is 9.85. The van der Waals surface area contributed by atoms with Crippen molar-refractivity contribution in [3.63, 3.8) is 0 Å². The third-order valence-corrected chi connectivity index (χ3v) is 4.92. The lowest BCUT2D eigenvalue weighted by Crippen LogP contribution is -2.28. The van der Waals surface area contributed by atoms with Crippen molar-refractivity contribution in [2.45, 2.75) is 12.8 Å². The molecular weight excluding hydrogens is 451 g/mol. The molecule has 2 aromatic carbocycles. The highest BCUT2D eigenvalue weighted by molar-refractivity contribution is 6.08. The monoisotopic (exact) mass is 469 g/mol. The van der Waals surface area contributed by atoms with Crippen LogP contribution in [0.2, 0.25) is 0 Å². The zero-order valence-corrected chi connectivity index (χ0v) is 17.8. The number of fused-ring (bicyclic) bond motifs is 1. The van der Waals surface area contributed by atoms with Crippen LogP contribution in [-0.4, -0.2) is 34.2 Å². The molecule has 0 spiro atoms. The number of H-pyrrole nitrogens is 1. The molecule has 4 rings (SSSR count). The summed E-state index contributed by atoms with van der Waals surface area (Å²) in [4.78, 5) is 30.0. The maximum Gasteiger partial charge on any atom is 0.433 e. The zero-order valence-electron chi connectivity index (χ0n) is 17.8. The van der Waals surface area contributed by atoms with Crippen LogP contribution < -0.4 is 10.2 Å². The van der Waals surface area contributed by atoms with Gasteiger partial charge in [0.25, 0.3) is 5.91 Å². The lowest BCUT2D eigenvalue weighted by atomic mass is 10.2. The van der Waals surface area contributed by atoms with E-state index in [1.165, 1.54) is 24.2 Å². The van der Waals surface area contributed by atoms with Gasteiger partial charge in [-0.1, -0.05) is 36.4 Å². The van der Waals surface area contributed by atoms with Crippen LogP contribution in [-0.2, 0) is 17.5 Å². The molecule has 2 heterocycles. The number of alkyl halides is 3. The van der Waals surface area contributed by atoms with E-state index >= 15 is 0 Å². The number of anilines is 2. The van der Waals surface area contributed by atoms with E-state index in [9.17, 15) is 22.8 Å². The topological polar surface area (TPSA) is 100 Å². The van der Waals surface area contributed by atoms with Crippen molar-refractivity contribution in [1.82, 2.24) is 15.2 Å². The number of amides is 2. The van der Waals surface area contributed by atoms with E-state index < -0.39 is 29.6 Å². The van der Waals surface area contributed by atoms with Gasteiger partial charge in [-0.05, 0) is 29.8 Å². The highest BCUT2D eigenvalue weighted by Gasteiger charge is 2.33. The lowest BCUT2D eigenvalue weighted by Gasteiger charge is -2.21. The molecule has 0 unspecified atom stereocenters. The van der Waals surface area contributed by atoms with Crippen LogP contribution in [0.4, 0.5) is 29.3 Å². The van der Waals surface area contributed by atoms with Crippen LogP contribution in [0.15, 0.2) is 66.9 Å². The van der Waals surface area contributed by atoms with Gasteiger partial charge in [-0.15, -0.1) is 0 Å². The van der Waals surface area contributed by atoms with Crippen LogP contribution in [0.25, 0.3) is 10.9 Å². The molecule has 2 aromatic heterocycles. The normalized spacial score (nSPS) is 11.3. The fourth-order valence-corrected chi connectivity index (χ4v) is 3.18. The fraction of sp³-hybridized carbons (Fsp3) is 0.130. The molecule has 2 N–H and O–H groups in total. The maximum atomic E-state index is 13.0. The number of aromatic nitrogens is 3. The Morgan fingerprint density at radius 1 is 1.09 bits per heavy atom. The quantitative estimate of drug-likeness (QED) is 0.428. The molecule has 0 fully saturated rings. The fourth-order valence-electron chi connectivity index (χ4n) is 3.18. The van der Waals surface area contributed by atoms with E-state index in [2.05, 4.69) is 20.5 Å². The Bertz CT molecular complexity index is 1340. The van der Waals surface area contributed by atoms with E-state index in [4.69, 9.17) is 4.74 Å². The summed E-state index contributed by atoms with van der Waals surface area (Å²) in [6.07, 6.45) is -3.89. The van der Waals surface area contributed by atoms with Gasteiger partial charge >= 0.3 is 12.3 Å². The predicted octanol–water partition coefficient (Wildman–Crippen LogP) is 5.00. The number of nitrogens with one attached hydrogen (secondary N) is 2. The number of halogens is 3. The number of hydrogen-bond acceptors (Lipinski definition) is 5. The highest BCUT2D eigenvalue weighted by atomic mass is 19.4. The first-order valence-electron chi connectivity index (χ1n) is 9.99. The van der Waals surface area contributed by atoms with Gasteiger partial charge in [0.1, 0.15) is 18.0 Å². The SMILES string of the molecule is CN(C(=O)OCc1ccccc1)c1cc2[nH]ncc2cc1NC(=O)c1cccc(C(F)(F)F)n1. The molecule has 0 radical (unpaired) electrons. The van der Waals surface area contributed by atoms with Crippen LogP contribution in [0.1, 0.15) is 21.7 Å². The predicted molar refractivity (Wildman–Crippen MR) is 118 cm³/mol. The molecule has 2 amide bonds. The summed E-state index contributed by atoms with van der Waals surface area (Å²) >= 11 is 0. The Balaban J connectivity index is 1.60. The van der Waals surface area contributed by atoms with E-state index in [1.54, 1.807) is 24.3 Å². The number of carbonyl (C=O) groups is 2. The summed E-state index contributed by atoms with van der Waals surface area (Å²) < 4.78 is 44.3. The molecular formula is C23H18F3N5O3. The summed E-state index contributed by atoms with van der Waals surface area (Å²) in [5.74, 6) is -0.874. The molecule has 0 bridgehead atoms. The Morgan fingerprint density at radius 3 is 2.59 bits per heavy atom. The van der Waals surface area contributed by atoms with E-state index in [1.807, 2.05) is 18.2 Å². The highest BCUT2D eigenvalue weighted by Crippen LogP contribution is 2.31. The lowest BCUT2D eigenvalue weighted by molar-refractivity contribution is -0.141. The van der Waals surface area contributed by atoms with Gasteiger partial charge in [-0.3, -0.25) is 14.8 Å². The molecule has 0 atom stereocenters. The van der Waals surface area contributed by atoms with Gasteiger partial charge in [0.15, 0.2) is 0 Å². The smallest absolute Gasteiger partial charge is 0.433 e. The number of benzene rings is 2. The minimum absolute atomic E-state index is 0.0339. The molecule has 0 aliphatic heterocycles. The third kappa shape index (κ3) is 4.98. The number of rotatable bonds is 5. The largest absolute Gasteiger partial charge is 0.444 e. The second-order valence-corrected chi connectivity index (χ2v) is 7.29. The molecule has 8 nitrogen and oxygen atoms in total. The molecule has 34 heavy (non-hydrogen) atoms. The van der Waals surface area contributed by atoms with Crippen molar-refractivity contribution in [3.05, 3.63) is 83.8 Å². The van der Waals surface area contributed by atoms with Crippen molar-refractivity contribution in [1.29, 1.82) is 0 Å². The van der Waals surface area contributed by atoms with Crippen LogP contribution >= 0.6 is 0 Å². The zero-order chi connectivity index (χ0) is 24.3. The van der Waals surface area contributed by atoms with Gasteiger partial charge in [-0.25, -0.2) is 9.78 Å². The first kappa shape index (κ1) is 22.8. The molecule has 0 aliphatic carbocycles. The molecule has 174 valence electrons.